The van der Waals surface area contributed by atoms with Gasteiger partial charge in [0.15, 0.2) is 0 Å². The lowest BCUT2D eigenvalue weighted by Gasteiger charge is -2.19. The predicted octanol–water partition coefficient (Wildman–Crippen LogP) is 3.86. The number of carbonyl (C=O) groups excluding carboxylic acids is 1. The molecule has 1 heterocycles. The van der Waals surface area contributed by atoms with E-state index < -0.39 is 11.9 Å². The van der Waals surface area contributed by atoms with Crippen LogP contribution in [0.15, 0.2) is 64.0 Å². The highest BCUT2D eigenvalue weighted by Crippen LogP contribution is 2.42. The number of carboxylic acids is 1. The van der Waals surface area contributed by atoms with Gasteiger partial charge in [0.1, 0.15) is 11.3 Å². The van der Waals surface area contributed by atoms with E-state index in [1.165, 1.54) is 6.07 Å². The number of terminal acetylenes is 1. The third kappa shape index (κ3) is 4.09. The number of hydrogen-bond donors (Lipinski definition) is 2. The fourth-order valence-electron chi connectivity index (χ4n) is 3.89. The van der Waals surface area contributed by atoms with E-state index in [0.717, 1.165) is 22.0 Å². The lowest BCUT2D eigenvalue weighted by Crippen LogP contribution is -2.23. The molecule has 34 heavy (non-hydrogen) atoms. The van der Waals surface area contributed by atoms with Crippen LogP contribution in [0.4, 0.5) is 5.69 Å². The van der Waals surface area contributed by atoms with Crippen LogP contribution in [0.25, 0.3) is 33.4 Å². The molecule has 1 aliphatic heterocycles. The van der Waals surface area contributed by atoms with Crippen LogP contribution in [0.1, 0.15) is 20.7 Å². The Labute approximate surface area is 196 Å². The summed E-state index contributed by atoms with van der Waals surface area (Å²) in [4.78, 5) is 30.9. The van der Waals surface area contributed by atoms with Gasteiger partial charge in [0, 0.05) is 61.0 Å². The van der Waals surface area contributed by atoms with Gasteiger partial charge >= 0.3 is 5.97 Å². The Kier molecular flexibility index (Phi) is 6.07. The summed E-state index contributed by atoms with van der Waals surface area (Å²) in [5.74, 6) is 1.33. The Morgan fingerprint density at radius 2 is 1.85 bits per heavy atom. The minimum absolute atomic E-state index is 0.00287. The summed E-state index contributed by atoms with van der Waals surface area (Å²) >= 11 is 0. The molecule has 0 fully saturated rings. The summed E-state index contributed by atoms with van der Waals surface area (Å²) in [6, 6.07) is 15.9. The first kappa shape index (κ1) is 22.6. The highest BCUT2D eigenvalue weighted by atomic mass is 16.4. The van der Waals surface area contributed by atoms with Crippen LogP contribution in [0.2, 0.25) is 0 Å². The van der Waals surface area contributed by atoms with Crippen molar-refractivity contribution in [2.45, 2.75) is 0 Å². The Morgan fingerprint density at radius 1 is 1.09 bits per heavy atom. The number of hydrogen-bond acceptors (Lipinski definition) is 5. The van der Waals surface area contributed by atoms with E-state index in [0.29, 0.717) is 22.5 Å². The number of fused-ring (bicyclic) bond motifs is 2. The molecule has 0 saturated carbocycles. The maximum atomic E-state index is 12.4. The minimum atomic E-state index is -1.14. The van der Waals surface area contributed by atoms with E-state index >= 15 is 0 Å². The second-order valence-corrected chi connectivity index (χ2v) is 7.91. The van der Waals surface area contributed by atoms with Crippen molar-refractivity contribution in [2.24, 2.45) is 4.99 Å². The summed E-state index contributed by atoms with van der Waals surface area (Å²) in [5.41, 5.74) is 3.69. The molecular formula is C27H23N3O4. The molecule has 1 amide bonds. The molecule has 1 aliphatic carbocycles. The largest absolute Gasteiger partial charge is 0.478 e. The Bertz CT molecular complexity index is 1510. The maximum absolute atomic E-state index is 12.4. The molecule has 2 aliphatic rings. The molecule has 7 heteroatoms. The van der Waals surface area contributed by atoms with E-state index in [4.69, 9.17) is 10.8 Å². The zero-order valence-electron chi connectivity index (χ0n) is 19.0. The molecule has 0 spiro atoms. The van der Waals surface area contributed by atoms with Gasteiger partial charge < -0.3 is 19.7 Å². The van der Waals surface area contributed by atoms with Crippen LogP contribution in [0.5, 0.6) is 0 Å². The van der Waals surface area contributed by atoms with Crippen LogP contribution in [-0.4, -0.2) is 44.7 Å². The molecule has 4 rings (SSSR count). The van der Waals surface area contributed by atoms with Gasteiger partial charge in [-0.25, -0.2) is 4.79 Å². The van der Waals surface area contributed by atoms with Gasteiger partial charge in [-0.2, -0.15) is 0 Å². The molecule has 0 atom stereocenters. The van der Waals surface area contributed by atoms with Gasteiger partial charge in [-0.1, -0.05) is 12.0 Å². The van der Waals surface area contributed by atoms with E-state index in [-0.39, 0.29) is 17.7 Å². The standard InChI is InChI=1S/C27H23N3O4/c1-5-12-29-26(31)16-6-9-19(22(13-16)27(32)33)25-20-10-7-17(28-2)14-23(20)34-24-15-18(30(3)4)8-11-21(24)25/h1,6-11,13-15H,12H2,2-4H3,(H,29,31)(H,32,33)/b28-17-. The zero-order valence-corrected chi connectivity index (χ0v) is 19.0. The summed E-state index contributed by atoms with van der Waals surface area (Å²) < 4.78 is 6.23. The fraction of sp³-hybridized carbons (Fsp3) is 0.148. The average molecular weight is 453 g/mol. The van der Waals surface area contributed by atoms with Gasteiger partial charge in [0.2, 0.25) is 0 Å². The number of rotatable bonds is 5. The van der Waals surface area contributed by atoms with Crippen molar-refractivity contribution in [3.8, 4) is 34.8 Å². The minimum Gasteiger partial charge on any atom is -0.478 e. The highest BCUT2D eigenvalue weighted by molar-refractivity contribution is 6.09. The maximum Gasteiger partial charge on any atom is 0.336 e. The molecule has 2 N–H and O–H groups in total. The number of carboxylic acid groups (broad SMARTS) is 1. The molecular weight excluding hydrogens is 430 g/mol. The third-order valence-electron chi connectivity index (χ3n) is 5.60. The number of carbonyl (C=O) groups is 2. The summed E-state index contributed by atoms with van der Waals surface area (Å²) in [5, 5.41) is 14.1. The Balaban J connectivity index is 2.05. The van der Waals surface area contributed by atoms with Crippen molar-refractivity contribution in [1.29, 1.82) is 0 Å². The van der Waals surface area contributed by atoms with Crippen LogP contribution < -0.4 is 15.6 Å². The van der Waals surface area contributed by atoms with Gasteiger partial charge in [0.05, 0.1) is 17.5 Å². The molecule has 0 saturated heterocycles. The number of benzene rings is 3. The van der Waals surface area contributed by atoms with Crippen molar-refractivity contribution in [3.63, 3.8) is 0 Å². The Morgan fingerprint density at radius 3 is 2.53 bits per heavy atom. The van der Waals surface area contributed by atoms with Gasteiger partial charge in [-0.05, 0) is 42.0 Å². The Hall–Kier alpha value is -4.57. The second kappa shape index (κ2) is 9.12. The summed E-state index contributed by atoms with van der Waals surface area (Å²) in [6.45, 7) is 0.0531. The van der Waals surface area contributed by atoms with Crippen molar-refractivity contribution in [3.05, 3.63) is 71.1 Å². The van der Waals surface area contributed by atoms with Crippen LogP contribution in [-0.2, 0) is 0 Å². The molecule has 0 aromatic heterocycles. The van der Waals surface area contributed by atoms with Gasteiger partial charge in [-0.15, -0.1) is 6.42 Å². The first-order valence-corrected chi connectivity index (χ1v) is 10.5. The molecule has 2 aromatic carbocycles. The van der Waals surface area contributed by atoms with Crippen LogP contribution in [0.3, 0.4) is 0 Å². The van der Waals surface area contributed by atoms with Crippen molar-refractivity contribution in [1.82, 2.24) is 5.32 Å². The second-order valence-electron chi connectivity index (χ2n) is 7.91. The SMILES string of the molecule is C#CCNC(=O)c1ccc(-c2c3cc/c(=N/C)cc-3oc3cc(N(C)C)ccc23)c(C(=O)O)c1. The zero-order chi connectivity index (χ0) is 24.4. The van der Waals surface area contributed by atoms with E-state index in [1.54, 1.807) is 19.2 Å². The molecule has 2 aromatic rings. The topological polar surface area (TPSA) is 95.1 Å². The highest BCUT2D eigenvalue weighted by Gasteiger charge is 2.23. The van der Waals surface area contributed by atoms with Crippen molar-refractivity contribution < 1.29 is 19.1 Å². The quantitative estimate of drug-likeness (QED) is 0.353. The number of amides is 1. The third-order valence-corrected chi connectivity index (χ3v) is 5.60. The van der Waals surface area contributed by atoms with Crippen molar-refractivity contribution in [2.75, 3.05) is 32.6 Å². The van der Waals surface area contributed by atoms with Crippen molar-refractivity contribution >= 4 is 28.5 Å². The predicted molar refractivity (Wildman–Crippen MR) is 132 cm³/mol. The van der Waals surface area contributed by atoms with Gasteiger partial charge in [0.25, 0.3) is 5.91 Å². The summed E-state index contributed by atoms with van der Waals surface area (Å²) in [6.07, 6.45) is 5.21. The molecule has 7 nitrogen and oxygen atoms in total. The normalized spacial score (nSPS) is 11.4. The number of aromatic carboxylic acids is 1. The van der Waals surface area contributed by atoms with Crippen LogP contribution in [0, 0.1) is 12.3 Å². The number of nitrogens with zero attached hydrogens (tertiary/aromatic N) is 2. The lowest BCUT2D eigenvalue weighted by molar-refractivity contribution is 0.0697. The molecule has 0 bridgehead atoms. The van der Waals surface area contributed by atoms with Crippen LogP contribution >= 0.6 is 0 Å². The van der Waals surface area contributed by atoms with E-state index in [9.17, 15) is 14.7 Å². The number of nitrogens with one attached hydrogen (secondary N) is 1. The average Bonchev–Trinajstić information content (AvgIpc) is 2.84. The first-order chi connectivity index (χ1) is 16.3. The fourth-order valence-corrected chi connectivity index (χ4v) is 3.89. The molecule has 170 valence electrons. The lowest BCUT2D eigenvalue weighted by atomic mass is 9.89. The smallest absolute Gasteiger partial charge is 0.336 e. The summed E-state index contributed by atoms with van der Waals surface area (Å²) in [7, 11) is 5.56. The van der Waals surface area contributed by atoms with E-state index in [1.807, 2.05) is 55.4 Å². The van der Waals surface area contributed by atoms with Gasteiger partial charge in [-0.3, -0.25) is 9.79 Å². The number of anilines is 1. The molecule has 0 unspecified atom stereocenters. The molecule has 0 radical (unpaired) electrons. The monoisotopic (exact) mass is 453 g/mol. The van der Waals surface area contributed by atoms with E-state index in [2.05, 4.69) is 16.2 Å². The first-order valence-electron chi connectivity index (χ1n) is 10.5.